The minimum atomic E-state index is -3.95. The van der Waals surface area contributed by atoms with Crippen molar-refractivity contribution < 1.29 is 18.3 Å². The molecule has 0 aliphatic rings. The molecule has 3 rings (SSSR count). The second-order valence-electron chi connectivity index (χ2n) is 6.75. The van der Waals surface area contributed by atoms with E-state index in [1.807, 2.05) is 26.0 Å². The summed E-state index contributed by atoms with van der Waals surface area (Å²) in [4.78, 5) is 26.0. The van der Waals surface area contributed by atoms with E-state index in [9.17, 15) is 23.1 Å². The summed E-state index contributed by atoms with van der Waals surface area (Å²) in [6.07, 6.45) is 1.04. The standard InChI is InChI=1S/C20H20N2O5S/c1-12(2)13-4-6-14(7-5-13)22(3)28(26,27)15-8-9-18-16(10-15)19(23)17(11-21-18)20(24)25/h4-12H,1-3H3,(H,21,23)(H,24,25)/p-1. The number of aromatic nitrogens is 1. The number of H-pyrrole nitrogens is 1. The molecule has 8 heteroatoms. The highest BCUT2D eigenvalue weighted by molar-refractivity contribution is 7.92. The van der Waals surface area contributed by atoms with E-state index in [1.165, 1.54) is 25.2 Å². The number of aromatic carboxylic acids is 1. The summed E-state index contributed by atoms with van der Waals surface area (Å²) in [6.45, 7) is 4.09. The third kappa shape index (κ3) is 3.38. The van der Waals surface area contributed by atoms with Gasteiger partial charge in [-0.2, -0.15) is 0 Å². The number of carboxylic acid groups (broad SMARTS) is 1. The predicted octanol–water partition coefficient (Wildman–Crippen LogP) is 1.84. The Balaban J connectivity index is 2.07. The third-order valence-corrected chi connectivity index (χ3v) is 6.44. The summed E-state index contributed by atoms with van der Waals surface area (Å²) < 4.78 is 27.1. The van der Waals surface area contributed by atoms with Crippen LogP contribution in [0.4, 0.5) is 5.69 Å². The Hall–Kier alpha value is -3.13. The van der Waals surface area contributed by atoms with Gasteiger partial charge in [0.2, 0.25) is 0 Å². The van der Waals surface area contributed by atoms with Crippen molar-refractivity contribution in [1.29, 1.82) is 0 Å². The number of fused-ring (bicyclic) bond motifs is 1. The lowest BCUT2D eigenvalue weighted by Crippen LogP contribution is -2.29. The lowest BCUT2D eigenvalue weighted by atomic mass is 10.0. The lowest BCUT2D eigenvalue weighted by Gasteiger charge is -2.20. The number of carboxylic acids is 1. The van der Waals surface area contributed by atoms with Gasteiger partial charge in [-0.1, -0.05) is 26.0 Å². The highest BCUT2D eigenvalue weighted by Gasteiger charge is 2.22. The van der Waals surface area contributed by atoms with Crippen LogP contribution in [0.25, 0.3) is 10.9 Å². The van der Waals surface area contributed by atoms with Crippen LogP contribution in [0.2, 0.25) is 0 Å². The maximum absolute atomic E-state index is 13.0. The highest BCUT2D eigenvalue weighted by atomic mass is 32.2. The van der Waals surface area contributed by atoms with Crippen molar-refractivity contribution >= 4 is 32.6 Å². The van der Waals surface area contributed by atoms with Crippen LogP contribution in [0.3, 0.4) is 0 Å². The van der Waals surface area contributed by atoms with Crippen molar-refractivity contribution in [3.8, 4) is 0 Å². The fourth-order valence-electron chi connectivity index (χ4n) is 2.88. The smallest absolute Gasteiger partial charge is 0.264 e. The van der Waals surface area contributed by atoms with E-state index in [4.69, 9.17) is 0 Å². The van der Waals surface area contributed by atoms with Crippen LogP contribution in [-0.2, 0) is 10.0 Å². The quantitative estimate of drug-likeness (QED) is 0.704. The Morgan fingerprint density at radius 1 is 1.11 bits per heavy atom. The first-order valence-corrected chi connectivity index (χ1v) is 10.0. The first-order chi connectivity index (χ1) is 13.1. The van der Waals surface area contributed by atoms with Gasteiger partial charge < -0.3 is 14.9 Å². The van der Waals surface area contributed by atoms with Gasteiger partial charge in [-0.25, -0.2) is 8.42 Å². The number of nitrogens with one attached hydrogen (secondary N) is 1. The summed E-state index contributed by atoms with van der Waals surface area (Å²) in [5, 5.41) is 11.0. The normalized spacial score (nSPS) is 11.7. The van der Waals surface area contributed by atoms with Crippen LogP contribution in [0.5, 0.6) is 0 Å². The number of nitrogens with zero attached hydrogens (tertiary/aromatic N) is 1. The number of sulfonamides is 1. The largest absolute Gasteiger partial charge is 0.545 e. The van der Waals surface area contributed by atoms with Gasteiger partial charge in [-0.3, -0.25) is 9.10 Å². The molecule has 1 heterocycles. The van der Waals surface area contributed by atoms with Crippen LogP contribution < -0.4 is 14.8 Å². The van der Waals surface area contributed by atoms with E-state index in [2.05, 4.69) is 4.98 Å². The van der Waals surface area contributed by atoms with E-state index in [1.54, 1.807) is 12.1 Å². The Kier molecular flexibility index (Phi) is 4.99. The van der Waals surface area contributed by atoms with E-state index in [0.29, 0.717) is 17.1 Å². The molecule has 1 N–H and O–H groups in total. The summed E-state index contributed by atoms with van der Waals surface area (Å²) >= 11 is 0. The topological polar surface area (TPSA) is 110 Å². The Bertz CT molecular complexity index is 1210. The molecule has 146 valence electrons. The first kappa shape index (κ1) is 19.6. The van der Waals surface area contributed by atoms with Crippen molar-refractivity contribution in [3.05, 3.63) is 70.0 Å². The molecule has 0 spiro atoms. The van der Waals surface area contributed by atoms with E-state index < -0.39 is 27.0 Å². The number of hydrogen-bond donors (Lipinski definition) is 1. The van der Waals surface area contributed by atoms with Crippen molar-refractivity contribution in [2.75, 3.05) is 11.4 Å². The van der Waals surface area contributed by atoms with Crippen LogP contribution >= 0.6 is 0 Å². The van der Waals surface area contributed by atoms with Crippen LogP contribution in [-0.4, -0.2) is 26.4 Å². The van der Waals surface area contributed by atoms with E-state index >= 15 is 0 Å². The molecular weight excluding hydrogens is 380 g/mol. The summed E-state index contributed by atoms with van der Waals surface area (Å²) in [5.41, 5.74) is 0.538. The van der Waals surface area contributed by atoms with Crippen LogP contribution in [0.1, 0.15) is 35.7 Å². The molecular formula is C20H19N2O5S-. The molecule has 0 saturated carbocycles. The molecule has 28 heavy (non-hydrogen) atoms. The summed E-state index contributed by atoms with van der Waals surface area (Å²) in [6, 6.07) is 11.1. The number of rotatable bonds is 5. The predicted molar refractivity (Wildman–Crippen MR) is 105 cm³/mol. The molecule has 0 bridgehead atoms. The fourth-order valence-corrected chi connectivity index (χ4v) is 4.10. The number of anilines is 1. The SMILES string of the molecule is CC(C)c1ccc(N(C)S(=O)(=O)c2ccc3[nH]cc(C(=O)[O-])c(=O)c3c2)cc1. The molecule has 0 radical (unpaired) electrons. The number of carbonyl (C=O) groups is 1. The second-order valence-corrected chi connectivity index (χ2v) is 8.71. The molecule has 7 nitrogen and oxygen atoms in total. The molecule has 0 aliphatic heterocycles. The van der Waals surface area contributed by atoms with Crippen molar-refractivity contribution in [2.24, 2.45) is 0 Å². The summed E-state index contributed by atoms with van der Waals surface area (Å²) in [5.74, 6) is -1.31. The second kappa shape index (κ2) is 7.12. The van der Waals surface area contributed by atoms with E-state index in [0.717, 1.165) is 16.1 Å². The molecule has 0 unspecified atom stereocenters. The van der Waals surface area contributed by atoms with Crippen molar-refractivity contribution in [1.82, 2.24) is 4.98 Å². The Labute approximate surface area is 162 Å². The minimum Gasteiger partial charge on any atom is -0.545 e. The van der Waals surface area contributed by atoms with E-state index in [-0.39, 0.29) is 10.3 Å². The minimum absolute atomic E-state index is 0.0358. The molecule has 1 aromatic heterocycles. The molecule has 2 aromatic carbocycles. The zero-order valence-corrected chi connectivity index (χ0v) is 16.4. The Morgan fingerprint density at radius 2 is 1.75 bits per heavy atom. The van der Waals surface area contributed by atoms with Gasteiger partial charge in [0, 0.05) is 24.1 Å². The number of carbonyl (C=O) groups excluding carboxylic acids is 1. The van der Waals surface area contributed by atoms with Crippen molar-refractivity contribution in [2.45, 2.75) is 24.7 Å². The van der Waals surface area contributed by atoms with Gasteiger partial charge in [-0.15, -0.1) is 0 Å². The lowest BCUT2D eigenvalue weighted by molar-refractivity contribution is -0.255. The average molecular weight is 399 g/mol. The van der Waals surface area contributed by atoms with Crippen LogP contribution in [0.15, 0.2) is 58.4 Å². The average Bonchev–Trinajstić information content (AvgIpc) is 2.67. The molecule has 0 saturated heterocycles. The zero-order chi connectivity index (χ0) is 20.6. The Morgan fingerprint density at radius 3 is 2.32 bits per heavy atom. The maximum Gasteiger partial charge on any atom is 0.264 e. The molecule has 0 amide bonds. The molecule has 0 aliphatic carbocycles. The summed E-state index contributed by atoms with van der Waals surface area (Å²) in [7, 11) is -2.53. The first-order valence-electron chi connectivity index (χ1n) is 8.58. The monoisotopic (exact) mass is 399 g/mol. The van der Waals surface area contributed by atoms with Gasteiger partial charge in [0.15, 0.2) is 5.43 Å². The number of pyridine rings is 1. The maximum atomic E-state index is 13.0. The van der Waals surface area contributed by atoms with Gasteiger partial charge in [0.05, 0.1) is 22.1 Å². The highest BCUT2D eigenvalue weighted by Crippen LogP contribution is 2.25. The van der Waals surface area contributed by atoms with Gasteiger partial charge in [0.1, 0.15) is 0 Å². The van der Waals surface area contributed by atoms with Gasteiger partial charge in [0.25, 0.3) is 10.0 Å². The molecule has 3 aromatic rings. The van der Waals surface area contributed by atoms with Gasteiger partial charge in [-0.05, 0) is 41.8 Å². The fraction of sp³-hybridized carbons (Fsp3) is 0.200. The number of benzene rings is 2. The number of hydrogen-bond acceptors (Lipinski definition) is 5. The molecule has 0 atom stereocenters. The van der Waals surface area contributed by atoms with Crippen LogP contribution in [0, 0.1) is 0 Å². The zero-order valence-electron chi connectivity index (χ0n) is 15.6. The number of aromatic amines is 1. The van der Waals surface area contributed by atoms with Gasteiger partial charge >= 0.3 is 0 Å². The van der Waals surface area contributed by atoms with Crippen molar-refractivity contribution in [3.63, 3.8) is 0 Å². The third-order valence-electron chi connectivity index (χ3n) is 4.65. The molecule has 0 fully saturated rings.